The van der Waals surface area contributed by atoms with Gasteiger partial charge in [-0.3, -0.25) is 0 Å². The van der Waals surface area contributed by atoms with E-state index in [1.54, 1.807) is 6.92 Å². The summed E-state index contributed by atoms with van der Waals surface area (Å²) in [5, 5.41) is 13.4. The van der Waals surface area contributed by atoms with Gasteiger partial charge in [-0.05, 0) is 26.0 Å². The highest BCUT2D eigenvalue weighted by Gasteiger charge is 2.41. The van der Waals surface area contributed by atoms with Crippen molar-refractivity contribution in [2.45, 2.75) is 31.7 Å². The molecule has 0 radical (unpaired) electrons. The highest BCUT2D eigenvalue weighted by atomic mass is 35.5. The van der Waals surface area contributed by atoms with E-state index in [1.807, 2.05) is 6.92 Å². The van der Waals surface area contributed by atoms with Crippen LogP contribution in [-0.2, 0) is 10.5 Å². The largest absolute Gasteiger partial charge is 0.361 e. The third-order valence-electron chi connectivity index (χ3n) is 2.95. The molecule has 1 aromatic rings. The first-order valence-electron chi connectivity index (χ1n) is 5.51. The molecule has 0 aliphatic carbocycles. The summed E-state index contributed by atoms with van der Waals surface area (Å²) in [7, 11) is 0. The molecule has 0 spiro atoms. The van der Waals surface area contributed by atoms with E-state index in [4.69, 9.17) is 4.74 Å². The van der Waals surface area contributed by atoms with Gasteiger partial charge in [0.2, 0.25) is 5.79 Å². The number of benzene rings is 1. The molecule has 0 unspecified atom stereocenters. The predicted molar refractivity (Wildman–Crippen MR) is 65.5 cm³/mol. The maximum absolute atomic E-state index is 13.1. The first kappa shape index (κ1) is 15.3. The average molecular weight is 280 g/mol. The minimum atomic E-state index is -1.70. The molecule has 102 valence electrons. The van der Waals surface area contributed by atoms with Crippen molar-refractivity contribution in [2.75, 3.05) is 6.61 Å². The van der Waals surface area contributed by atoms with Crippen LogP contribution in [0.5, 0.6) is 0 Å². The van der Waals surface area contributed by atoms with Gasteiger partial charge in [-0.15, -0.1) is 12.4 Å². The Morgan fingerprint density at radius 3 is 2.33 bits per heavy atom. The fourth-order valence-corrected chi connectivity index (χ4v) is 2.06. The van der Waals surface area contributed by atoms with Crippen LogP contribution >= 0.6 is 12.4 Å². The lowest BCUT2D eigenvalue weighted by Gasteiger charge is -2.41. The molecular weight excluding hydrogens is 264 g/mol. The SMILES string of the molecule is C[C@@H]1N[C@@H](C)CO[C@@]1(O)c1cc(F)cc(F)c1.Cl. The van der Waals surface area contributed by atoms with Crippen LogP contribution in [0.15, 0.2) is 18.2 Å². The molecule has 2 N–H and O–H groups in total. The number of ether oxygens (including phenoxy) is 1. The summed E-state index contributed by atoms with van der Waals surface area (Å²) in [4.78, 5) is 0. The van der Waals surface area contributed by atoms with Crippen LogP contribution in [0.4, 0.5) is 8.78 Å². The number of nitrogens with one attached hydrogen (secondary N) is 1. The molecule has 1 aliphatic heterocycles. The van der Waals surface area contributed by atoms with Crippen molar-refractivity contribution < 1.29 is 18.6 Å². The molecule has 1 fully saturated rings. The molecule has 1 aliphatic rings. The van der Waals surface area contributed by atoms with E-state index in [0.717, 1.165) is 18.2 Å². The van der Waals surface area contributed by atoms with Gasteiger partial charge < -0.3 is 15.2 Å². The van der Waals surface area contributed by atoms with Crippen LogP contribution in [0.2, 0.25) is 0 Å². The molecule has 1 aromatic carbocycles. The van der Waals surface area contributed by atoms with Gasteiger partial charge in [-0.25, -0.2) is 8.78 Å². The zero-order chi connectivity index (χ0) is 12.6. The van der Waals surface area contributed by atoms with Crippen molar-refractivity contribution in [1.29, 1.82) is 0 Å². The lowest BCUT2D eigenvalue weighted by molar-refractivity contribution is -0.253. The minimum absolute atomic E-state index is 0. The Labute approximate surface area is 111 Å². The lowest BCUT2D eigenvalue weighted by atomic mass is 9.96. The van der Waals surface area contributed by atoms with E-state index in [9.17, 15) is 13.9 Å². The van der Waals surface area contributed by atoms with E-state index in [0.29, 0.717) is 0 Å². The third kappa shape index (κ3) is 2.80. The maximum Gasteiger partial charge on any atom is 0.208 e. The molecule has 18 heavy (non-hydrogen) atoms. The van der Waals surface area contributed by atoms with Crippen LogP contribution in [0.1, 0.15) is 19.4 Å². The Morgan fingerprint density at radius 2 is 1.83 bits per heavy atom. The lowest BCUT2D eigenvalue weighted by Crippen LogP contribution is -2.58. The molecule has 6 heteroatoms. The van der Waals surface area contributed by atoms with Gasteiger partial charge in [0.25, 0.3) is 0 Å². The van der Waals surface area contributed by atoms with Gasteiger partial charge in [0.15, 0.2) is 0 Å². The van der Waals surface area contributed by atoms with Gasteiger partial charge in [0, 0.05) is 17.7 Å². The highest BCUT2D eigenvalue weighted by Crippen LogP contribution is 2.30. The molecule has 3 nitrogen and oxygen atoms in total. The Bertz CT molecular complexity index is 412. The monoisotopic (exact) mass is 279 g/mol. The van der Waals surface area contributed by atoms with E-state index in [2.05, 4.69) is 5.32 Å². The molecule has 3 atom stereocenters. The van der Waals surface area contributed by atoms with Crippen LogP contribution in [-0.4, -0.2) is 23.8 Å². The van der Waals surface area contributed by atoms with Gasteiger partial charge in [0.05, 0.1) is 12.6 Å². The van der Waals surface area contributed by atoms with E-state index < -0.39 is 23.5 Å². The fraction of sp³-hybridized carbons (Fsp3) is 0.500. The van der Waals surface area contributed by atoms with Crippen LogP contribution in [0.3, 0.4) is 0 Å². The van der Waals surface area contributed by atoms with Crippen molar-refractivity contribution in [3.05, 3.63) is 35.4 Å². The summed E-state index contributed by atoms with van der Waals surface area (Å²) >= 11 is 0. The first-order valence-corrected chi connectivity index (χ1v) is 5.51. The number of morpholine rings is 1. The van der Waals surface area contributed by atoms with Crippen LogP contribution in [0, 0.1) is 11.6 Å². The Hall–Kier alpha value is -0.750. The molecule has 0 amide bonds. The Kier molecular flexibility index (Phi) is 4.66. The van der Waals surface area contributed by atoms with Gasteiger partial charge in [-0.2, -0.15) is 0 Å². The summed E-state index contributed by atoms with van der Waals surface area (Å²) in [6, 6.07) is 2.56. The van der Waals surface area contributed by atoms with Crippen molar-refractivity contribution in [2.24, 2.45) is 0 Å². The average Bonchev–Trinajstić information content (AvgIpc) is 2.22. The van der Waals surface area contributed by atoms with Gasteiger partial charge in [0.1, 0.15) is 11.6 Å². The summed E-state index contributed by atoms with van der Waals surface area (Å²) in [6.07, 6.45) is 0. The molecule has 1 saturated heterocycles. The van der Waals surface area contributed by atoms with E-state index in [-0.39, 0.29) is 30.6 Å². The Morgan fingerprint density at radius 1 is 1.28 bits per heavy atom. The normalized spacial score (nSPS) is 31.8. The molecular formula is C12H16ClF2NO2. The number of aliphatic hydroxyl groups is 1. The number of hydrogen-bond donors (Lipinski definition) is 2. The van der Waals surface area contributed by atoms with Gasteiger partial charge in [-0.1, -0.05) is 0 Å². The van der Waals surface area contributed by atoms with E-state index in [1.165, 1.54) is 0 Å². The summed E-state index contributed by atoms with van der Waals surface area (Å²) in [5.74, 6) is -3.17. The Balaban J connectivity index is 0.00000162. The molecule has 2 rings (SSSR count). The first-order chi connectivity index (χ1) is 7.91. The van der Waals surface area contributed by atoms with Crippen molar-refractivity contribution >= 4 is 12.4 Å². The molecule has 0 saturated carbocycles. The second kappa shape index (κ2) is 5.48. The highest BCUT2D eigenvalue weighted by molar-refractivity contribution is 5.85. The minimum Gasteiger partial charge on any atom is -0.361 e. The third-order valence-corrected chi connectivity index (χ3v) is 2.95. The topological polar surface area (TPSA) is 41.5 Å². The van der Waals surface area contributed by atoms with Crippen LogP contribution < -0.4 is 5.32 Å². The van der Waals surface area contributed by atoms with E-state index >= 15 is 0 Å². The fourth-order valence-electron chi connectivity index (χ4n) is 2.06. The second-order valence-electron chi connectivity index (χ2n) is 4.45. The smallest absolute Gasteiger partial charge is 0.208 e. The molecule has 0 aromatic heterocycles. The summed E-state index contributed by atoms with van der Waals surface area (Å²) < 4.78 is 31.6. The summed E-state index contributed by atoms with van der Waals surface area (Å²) in [6.45, 7) is 3.89. The van der Waals surface area contributed by atoms with Crippen molar-refractivity contribution in [3.63, 3.8) is 0 Å². The number of halogens is 3. The molecule has 1 heterocycles. The number of rotatable bonds is 1. The van der Waals surface area contributed by atoms with Crippen molar-refractivity contribution in [3.8, 4) is 0 Å². The number of hydrogen-bond acceptors (Lipinski definition) is 3. The zero-order valence-electron chi connectivity index (χ0n) is 10.1. The van der Waals surface area contributed by atoms with Gasteiger partial charge >= 0.3 is 0 Å². The zero-order valence-corrected chi connectivity index (χ0v) is 10.9. The quantitative estimate of drug-likeness (QED) is 0.825. The molecule has 0 bridgehead atoms. The van der Waals surface area contributed by atoms with Crippen molar-refractivity contribution in [1.82, 2.24) is 5.32 Å². The maximum atomic E-state index is 13.1. The van der Waals surface area contributed by atoms with Crippen LogP contribution in [0.25, 0.3) is 0 Å². The standard InChI is InChI=1S/C12H15F2NO2.ClH/c1-7-6-17-12(16,8(2)15-7)9-3-10(13)5-11(14)4-9;/h3-5,7-8,15-16H,6H2,1-2H3;1H/t7-,8-,12+;/m0./s1. The summed E-state index contributed by atoms with van der Waals surface area (Å²) in [5.41, 5.74) is 0.0851. The predicted octanol–water partition coefficient (Wildman–Crippen LogP) is 1.93. The second-order valence-corrected chi connectivity index (χ2v) is 4.45.